The molecule has 13 heavy (non-hydrogen) atoms. The molecule has 0 unspecified atom stereocenters. The van der Waals surface area contributed by atoms with Gasteiger partial charge in [0, 0.05) is 26.2 Å². The van der Waals surface area contributed by atoms with Gasteiger partial charge in [0.1, 0.15) is 0 Å². The van der Waals surface area contributed by atoms with Gasteiger partial charge in [-0.05, 0) is 12.5 Å². The Labute approximate surface area is 79.7 Å². The van der Waals surface area contributed by atoms with E-state index in [9.17, 15) is 4.79 Å². The Kier molecular flexibility index (Phi) is 4.02. The molecule has 2 N–H and O–H groups in total. The number of hydrogen-bond donors (Lipinski definition) is 2. The molecule has 1 aliphatic heterocycles. The van der Waals surface area contributed by atoms with Crippen molar-refractivity contribution >= 4 is 6.03 Å². The molecule has 0 aromatic carbocycles. The minimum Gasteiger partial charge on any atom is -0.336 e. The summed E-state index contributed by atoms with van der Waals surface area (Å²) in [5.74, 6) is 0.674. The Morgan fingerprint density at radius 3 is 2.92 bits per heavy atom. The smallest absolute Gasteiger partial charge is 0.317 e. The second-order valence-corrected chi connectivity index (χ2v) is 3.82. The van der Waals surface area contributed by atoms with Crippen LogP contribution in [-0.2, 0) is 0 Å². The Bertz CT molecular complexity index is 170. The third-order valence-corrected chi connectivity index (χ3v) is 2.06. The van der Waals surface area contributed by atoms with Crippen molar-refractivity contribution < 1.29 is 4.79 Å². The normalized spacial score (nSPS) is 16.8. The van der Waals surface area contributed by atoms with Crippen molar-refractivity contribution in [2.75, 3.05) is 32.7 Å². The number of carbonyl (C=O) groups excluding carboxylic acids is 1. The average molecular weight is 185 g/mol. The highest BCUT2D eigenvalue weighted by Crippen LogP contribution is 1.94. The van der Waals surface area contributed by atoms with Gasteiger partial charge in [-0.1, -0.05) is 13.8 Å². The fourth-order valence-corrected chi connectivity index (χ4v) is 1.33. The topological polar surface area (TPSA) is 44.4 Å². The average Bonchev–Trinajstić information content (AvgIpc) is 2.45. The van der Waals surface area contributed by atoms with E-state index in [4.69, 9.17) is 0 Å². The summed E-state index contributed by atoms with van der Waals surface area (Å²) in [6, 6.07) is 0.0753. The first-order valence-electron chi connectivity index (χ1n) is 4.93. The zero-order chi connectivity index (χ0) is 9.68. The summed E-state index contributed by atoms with van der Waals surface area (Å²) in [5.41, 5.74) is 0. The fraction of sp³-hybridized carbons (Fsp3) is 0.889. The van der Waals surface area contributed by atoms with Gasteiger partial charge in [0.05, 0.1) is 0 Å². The van der Waals surface area contributed by atoms with Crippen molar-refractivity contribution in [3.05, 3.63) is 0 Å². The molecule has 1 aliphatic rings. The lowest BCUT2D eigenvalue weighted by Gasteiger charge is -2.14. The lowest BCUT2D eigenvalue weighted by atomic mass is 10.2. The van der Waals surface area contributed by atoms with Crippen LogP contribution >= 0.6 is 0 Å². The van der Waals surface area contributed by atoms with E-state index in [1.807, 2.05) is 4.90 Å². The van der Waals surface area contributed by atoms with Crippen LogP contribution in [0.25, 0.3) is 0 Å². The molecule has 1 heterocycles. The molecule has 0 bridgehead atoms. The molecule has 0 aromatic heterocycles. The first kappa shape index (κ1) is 10.3. The van der Waals surface area contributed by atoms with E-state index in [0.717, 1.165) is 32.7 Å². The van der Waals surface area contributed by atoms with Crippen LogP contribution in [0.2, 0.25) is 0 Å². The molecule has 1 saturated heterocycles. The maximum atomic E-state index is 11.1. The summed E-state index contributed by atoms with van der Waals surface area (Å²) in [6.07, 6.45) is 0. The quantitative estimate of drug-likeness (QED) is 0.603. The molecule has 0 aliphatic carbocycles. The van der Waals surface area contributed by atoms with E-state index in [0.29, 0.717) is 5.92 Å². The van der Waals surface area contributed by atoms with E-state index in [-0.39, 0.29) is 6.03 Å². The van der Waals surface area contributed by atoms with E-state index >= 15 is 0 Å². The van der Waals surface area contributed by atoms with Gasteiger partial charge in [-0.3, -0.25) is 0 Å². The highest BCUT2D eigenvalue weighted by atomic mass is 16.2. The summed E-state index contributed by atoms with van der Waals surface area (Å²) >= 11 is 0. The summed E-state index contributed by atoms with van der Waals surface area (Å²) in [6.45, 7) is 8.73. The van der Waals surface area contributed by atoms with Crippen molar-refractivity contribution in [2.24, 2.45) is 5.92 Å². The van der Waals surface area contributed by atoms with Crippen molar-refractivity contribution in [2.45, 2.75) is 13.8 Å². The van der Waals surface area contributed by atoms with E-state index < -0.39 is 0 Å². The zero-order valence-corrected chi connectivity index (χ0v) is 8.47. The maximum absolute atomic E-state index is 11.1. The highest BCUT2D eigenvalue weighted by Gasteiger charge is 2.17. The molecular weight excluding hydrogens is 166 g/mol. The van der Waals surface area contributed by atoms with Crippen LogP contribution in [0, 0.1) is 5.92 Å². The van der Waals surface area contributed by atoms with Crippen molar-refractivity contribution in [3.63, 3.8) is 0 Å². The third kappa shape index (κ3) is 3.63. The molecule has 4 heteroatoms. The molecule has 0 spiro atoms. The predicted molar refractivity (Wildman–Crippen MR) is 52.7 cm³/mol. The van der Waals surface area contributed by atoms with Crippen LogP contribution in [0.3, 0.4) is 0 Å². The molecule has 0 radical (unpaired) electrons. The summed E-state index contributed by atoms with van der Waals surface area (Å²) in [7, 11) is 0. The summed E-state index contributed by atoms with van der Waals surface area (Å²) in [4.78, 5) is 12.9. The number of carbonyl (C=O) groups is 1. The van der Waals surface area contributed by atoms with Crippen molar-refractivity contribution in [3.8, 4) is 0 Å². The number of hydrogen-bond acceptors (Lipinski definition) is 2. The SMILES string of the molecule is CC(C)CNCCN1CCNC1=O. The van der Waals surface area contributed by atoms with Crippen LogP contribution in [-0.4, -0.2) is 43.7 Å². The minimum absolute atomic E-state index is 0.0753. The Hall–Kier alpha value is -0.770. The van der Waals surface area contributed by atoms with Gasteiger partial charge >= 0.3 is 6.03 Å². The first-order chi connectivity index (χ1) is 6.20. The van der Waals surface area contributed by atoms with E-state index in [1.165, 1.54) is 0 Å². The van der Waals surface area contributed by atoms with Gasteiger partial charge in [0.15, 0.2) is 0 Å². The van der Waals surface area contributed by atoms with Gasteiger partial charge in [-0.25, -0.2) is 4.79 Å². The number of nitrogens with one attached hydrogen (secondary N) is 2. The van der Waals surface area contributed by atoms with Gasteiger partial charge < -0.3 is 15.5 Å². The zero-order valence-electron chi connectivity index (χ0n) is 8.47. The molecule has 1 fully saturated rings. The maximum Gasteiger partial charge on any atom is 0.317 e. The number of amides is 2. The predicted octanol–water partition coefficient (Wildman–Crippen LogP) is 0.257. The molecule has 1 rings (SSSR count). The lowest BCUT2D eigenvalue weighted by molar-refractivity contribution is 0.217. The largest absolute Gasteiger partial charge is 0.336 e. The number of nitrogens with zero attached hydrogens (tertiary/aromatic N) is 1. The van der Waals surface area contributed by atoms with Gasteiger partial charge in [-0.2, -0.15) is 0 Å². The molecule has 0 atom stereocenters. The summed E-state index contributed by atoms with van der Waals surface area (Å²) in [5, 5.41) is 6.09. The van der Waals surface area contributed by atoms with Crippen LogP contribution in [0.1, 0.15) is 13.8 Å². The number of urea groups is 1. The van der Waals surface area contributed by atoms with Crippen molar-refractivity contribution in [1.82, 2.24) is 15.5 Å². The van der Waals surface area contributed by atoms with Crippen LogP contribution < -0.4 is 10.6 Å². The highest BCUT2D eigenvalue weighted by molar-refractivity contribution is 5.76. The Balaban J connectivity index is 2.02. The molecule has 0 aromatic rings. The Morgan fingerprint density at radius 2 is 2.38 bits per heavy atom. The molecule has 76 valence electrons. The molecule has 2 amide bonds. The van der Waals surface area contributed by atoms with E-state index in [2.05, 4.69) is 24.5 Å². The van der Waals surface area contributed by atoms with Crippen LogP contribution in [0.4, 0.5) is 4.79 Å². The summed E-state index contributed by atoms with van der Waals surface area (Å²) < 4.78 is 0. The third-order valence-electron chi connectivity index (χ3n) is 2.06. The van der Waals surface area contributed by atoms with Gasteiger partial charge in [0.2, 0.25) is 0 Å². The molecule has 0 saturated carbocycles. The van der Waals surface area contributed by atoms with E-state index in [1.54, 1.807) is 0 Å². The Morgan fingerprint density at radius 1 is 1.62 bits per heavy atom. The van der Waals surface area contributed by atoms with Crippen molar-refractivity contribution in [1.29, 1.82) is 0 Å². The minimum atomic E-state index is 0.0753. The fourth-order valence-electron chi connectivity index (χ4n) is 1.33. The van der Waals surface area contributed by atoms with Gasteiger partial charge in [-0.15, -0.1) is 0 Å². The van der Waals surface area contributed by atoms with Crippen LogP contribution in [0.5, 0.6) is 0 Å². The second kappa shape index (κ2) is 5.07. The van der Waals surface area contributed by atoms with Crippen LogP contribution in [0.15, 0.2) is 0 Å². The monoisotopic (exact) mass is 185 g/mol. The first-order valence-corrected chi connectivity index (χ1v) is 4.93. The molecule has 4 nitrogen and oxygen atoms in total. The standard InChI is InChI=1S/C9H19N3O/c1-8(2)7-10-3-5-12-6-4-11-9(12)13/h8,10H,3-7H2,1-2H3,(H,11,13). The van der Waals surface area contributed by atoms with Gasteiger partial charge in [0.25, 0.3) is 0 Å². The molecular formula is C9H19N3O. The lowest BCUT2D eigenvalue weighted by Crippen LogP contribution is -2.35. The second-order valence-electron chi connectivity index (χ2n) is 3.82. The number of rotatable bonds is 5.